The lowest BCUT2D eigenvalue weighted by molar-refractivity contribution is 0.0372. The zero-order chi connectivity index (χ0) is 12.1. The van der Waals surface area contributed by atoms with Crippen LogP contribution in [-0.4, -0.2) is 50.3 Å². The summed E-state index contributed by atoms with van der Waals surface area (Å²) in [5, 5.41) is 3.79. The van der Waals surface area contributed by atoms with Gasteiger partial charge in [0.2, 0.25) is 0 Å². The summed E-state index contributed by atoms with van der Waals surface area (Å²) in [5.74, 6) is 1.70. The molecule has 0 radical (unpaired) electrons. The summed E-state index contributed by atoms with van der Waals surface area (Å²) in [5.41, 5.74) is 0. The van der Waals surface area contributed by atoms with Crippen LogP contribution < -0.4 is 5.32 Å². The summed E-state index contributed by atoms with van der Waals surface area (Å²) in [6.07, 6.45) is 4.23. The van der Waals surface area contributed by atoms with Crippen LogP contribution >= 0.6 is 0 Å². The van der Waals surface area contributed by atoms with E-state index in [9.17, 15) is 0 Å². The van der Waals surface area contributed by atoms with Crippen molar-refractivity contribution < 1.29 is 4.74 Å². The fourth-order valence-electron chi connectivity index (χ4n) is 3.30. The summed E-state index contributed by atoms with van der Waals surface area (Å²) in [6, 6.07) is 0.741. The Morgan fingerprint density at radius 2 is 1.76 bits per heavy atom. The van der Waals surface area contributed by atoms with Gasteiger partial charge in [-0.05, 0) is 24.7 Å². The second-order valence-corrected chi connectivity index (χ2v) is 5.82. The number of morpholine rings is 1. The molecule has 1 aliphatic carbocycles. The standard InChI is InChI=1S/C14H28N2O/c1-12-4-3-5-13(2)14(12)15-6-7-16-8-10-17-11-9-16/h12-15H,3-11H2,1-2H3. The van der Waals surface area contributed by atoms with Gasteiger partial charge in [-0.25, -0.2) is 0 Å². The van der Waals surface area contributed by atoms with Crippen molar-refractivity contribution in [2.24, 2.45) is 11.8 Å². The predicted molar refractivity (Wildman–Crippen MR) is 71.2 cm³/mol. The van der Waals surface area contributed by atoms with Crippen LogP contribution in [0.15, 0.2) is 0 Å². The molecule has 1 heterocycles. The SMILES string of the molecule is CC1CCCC(C)C1NCCN1CCOCC1. The average molecular weight is 240 g/mol. The van der Waals surface area contributed by atoms with E-state index in [0.29, 0.717) is 0 Å². The van der Waals surface area contributed by atoms with E-state index in [1.807, 2.05) is 0 Å². The van der Waals surface area contributed by atoms with Gasteiger partial charge in [0.1, 0.15) is 0 Å². The maximum absolute atomic E-state index is 5.37. The molecule has 0 aromatic rings. The fourth-order valence-corrected chi connectivity index (χ4v) is 3.30. The van der Waals surface area contributed by atoms with E-state index in [1.165, 1.54) is 25.8 Å². The average Bonchev–Trinajstić information content (AvgIpc) is 2.34. The molecule has 2 aliphatic rings. The summed E-state index contributed by atoms with van der Waals surface area (Å²) < 4.78 is 5.37. The smallest absolute Gasteiger partial charge is 0.0594 e. The molecule has 2 rings (SSSR count). The Kier molecular flexibility index (Phi) is 5.26. The third-order valence-corrected chi connectivity index (χ3v) is 4.46. The Morgan fingerprint density at radius 1 is 1.12 bits per heavy atom. The Balaban J connectivity index is 1.66. The van der Waals surface area contributed by atoms with Gasteiger partial charge in [0.05, 0.1) is 13.2 Å². The van der Waals surface area contributed by atoms with E-state index in [-0.39, 0.29) is 0 Å². The Labute approximate surface area is 106 Å². The molecule has 1 N–H and O–H groups in total. The lowest BCUT2D eigenvalue weighted by Gasteiger charge is -2.36. The molecule has 0 spiro atoms. The van der Waals surface area contributed by atoms with Crippen LogP contribution in [0.4, 0.5) is 0 Å². The Hall–Kier alpha value is -0.120. The Morgan fingerprint density at radius 3 is 2.41 bits per heavy atom. The van der Waals surface area contributed by atoms with Crippen molar-refractivity contribution in [3.05, 3.63) is 0 Å². The first-order chi connectivity index (χ1) is 8.27. The maximum atomic E-state index is 5.37. The number of hydrogen-bond donors (Lipinski definition) is 1. The lowest BCUT2D eigenvalue weighted by Crippen LogP contribution is -2.47. The number of ether oxygens (including phenoxy) is 1. The highest BCUT2D eigenvalue weighted by Crippen LogP contribution is 2.28. The van der Waals surface area contributed by atoms with E-state index in [2.05, 4.69) is 24.1 Å². The minimum Gasteiger partial charge on any atom is -0.379 e. The minimum atomic E-state index is 0.741. The quantitative estimate of drug-likeness (QED) is 0.810. The zero-order valence-electron chi connectivity index (χ0n) is 11.5. The number of nitrogens with zero attached hydrogens (tertiary/aromatic N) is 1. The van der Waals surface area contributed by atoms with E-state index in [0.717, 1.165) is 50.7 Å². The topological polar surface area (TPSA) is 24.5 Å². The third kappa shape index (κ3) is 3.94. The molecule has 0 amide bonds. The molecular formula is C14H28N2O. The van der Waals surface area contributed by atoms with Gasteiger partial charge < -0.3 is 10.1 Å². The third-order valence-electron chi connectivity index (χ3n) is 4.46. The molecule has 2 atom stereocenters. The van der Waals surface area contributed by atoms with Crippen LogP contribution in [0.2, 0.25) is 0 Å². The first-order valence-corrected chi connectivity index (χ1v) is 7.31. The lowest BCUT2D eigenvalue weighted by atomic mass is 9.79. The summed E-state index contributed by atoms with van der Waals surface area (Å²) in [4.78, 5) is 2.51. The molecule has 100 valence electrons. The van der Waals surface area contributed by atoms with Crippen LogP contribution in [0, 0.1) is 11.8 Å². The molecule has 1 saturated carbocycles. The van der Waals surface area contributed by atoms with Crippen molar-refractivity contribution in [1.29, 1.82) is 0 Å². The maximum Gasteiger partial charge on any atom is 0.0594 e. The van der Waals surface area contributed by atoms with Crippen LogP contribution in [0.3, 0.4) is 0 Å². The first-order valence-electron chi connectivity index (χ1n) is 7.31. The highest BCUT2D eigenvalue weighted by atomic mass is 16.5. The van der Waals surface area contributed by atoms with Gasteiger partial charge >= 0.3 is 0 Å². The van der Waals surface area contributed by atoms with Crippen LogP contribution in [0.25, 0.3) is 0 Å². The molecule has 3 nitrogen and oxygen atoms in total. The van der Waals surface area contributed by atoms with E-state index >= 15 is 0 Å². The monoisotopic (exact) mass is 240 g/mol. The molecule has 2 unspecified atom stereocenters. The summed E-state index contributed by atoms with van der Waals surface area (Å²) in [6.45, 7) is 11.2. The molecule has 0 bridgehead atoms. The highest BCUT2D eigenvalue weighted by molar-refractivity contribution is 4.83. The molecular weight excluding hydrogens is 212 g/mol. The van der Waals surface area contributed by atoms with Crippen LogP contribution in [0.5, 0.6) is 0 Å². The van der Waals surface area contributed by atoms with E-state index in [4.69, 9.17) is 4.74 Å². The minimum absolute atomic E-state index is 0.741. The molecule has 1 aliphatic heterocycles. The second-order valence-electron chi connectivity index (χ2n) is 5.82. The van der Waals surface area contributed by atoms with Gasteiger partial charge in [-0.15, -0.1) is 0 Å². The van der Waals surface area contributed by atoms with Crippen molar-refractivity contribution in [1.82, 2.24) is 10.2 Å². The normalized spacial score (nSPS) is 36.0. The number of rotatable bonds is 4. The molecule has 3 heteroatoms. The first kappa shape index (κ1) is 13.3. The number of hydrogen-bond acceptors (Lipinski definition) is 3. The van der Waals surface area contributed by atoms with Crippen molar-refractivity contribution in [2.75, 3.05) is 39.4 Å². The molecule has 0 aromatic carbocycles. The van der Waals surface area contributed by atoms with E-state index < -0.39 is 0 Å². The van der Waals surface area contributed by atoms with Crippen molar-refractivity contribution in [3.63, 3.8) is 0 Å². The highest BCUT2D eigenvalue weighted by Gasteiger charge is 2.26. The number of nitrogens with one attached hydrogen (secondary N) is 1. The van der Waals surface area contributed by atoms with Crippen molar-refractivity contribution in [3.8, 4) is 0 Å². The zero-order valence-corrected chi connectivity index (χ0v) is 11.5. The molecule has 2 fully saturated rings. The van der Waals surface area contributed by atoms with Crippen molar-refractivity contribution >= 4 is 0 Å². The summed E-state index contributed by atoms with van der Waals surface area (Å²) in [7, 11) is 0. The largest absolute Gasteiger partial charge is 0.379 e. The fraction of sp³-hybridized carbons (Fsp3) is 1.00. The van der Waals surface area contributed by atoms with Gasteiger partial charge in [0.25, 0.3) is 0 Å². The van der Waals surface area contributed by atoms with Gasteiger partial charge in [-0.2, -0.15) is 0 Å². The molecule has 1 saturated heterocycles. The molecule has 0 aromatic heterocycles. The van der Waals surface area contributed by atoms with Crippen LogP contribution in [-0.2, 0) is 4.74 Å². The molecule has 17 heavy (non-hydrogen) atoms. The summed E-state index contributed by atoms with van der Waals surface area (Å²) >= 11 is 0. The van der Waals surface area contributed by atoms with Gasteiger partial charge in [0.15, 0.2) is 0 Å². The second kappa shape index (κ2) is 6.72. The van der Waals surface area contributed by atoms with Gasteiger partial charge in [0, 0.05) is 32.2 Å². The van der Waals surface area contributed by atoms with Crippen molar-refractivity contribution in [2.45, 2.75) is 39.2 Å². The van der Waals surface area contributed by atoms with E-state index in [1.54, 1.807) is 0 Å². The predicted octanol–water partition coefficient (Wildman–Crippen LogP) is 1.73. The van der Waals surface area contributed by atoms with Gasteiger partial charge in [-0.1, -0.05) is 20.3 Å². The Bertz CT molecular complexity index is 206. The van der Waals surface area contributed by atoms with Gasteiger partial charge in [-0.3, -0.25) is 4.90 Å². The van der Waals surface area contributed by atoms with Crippen LogP contribution in [0.1, 0.15) is 33.1 Å².